The highest BCUT2D eigenvalue weighted by molar-refractivity contribution is 5.90. The summed E-state index contributed by atoms with van der Waals surface area (Å²) in [5.74, 6) is -2.31. The molecule has 0 aromatic heterocycles. The van der Waals surface area contributed by atoms with Gasteiger partial charge in [-0.05, 0) is 55.2 Å². The standard InChI is InChI=1S/C36H41N3O4/c40-34(41)24-29(14-10-11-26-17-19-28(20-18-26)27-12-4-3-5-13-27)35(42)38-32-23-30-25-39(33-16-7-6-15-31(30)33)22-9-2-1-8-21-37-36(32)43/h3-7,12-13,15-20,25,29-30,32H,1-2,8-11,14,21-24H2,(H2-,37,38,40,41,42,43)/p+1/t29-,30?,32+/m1/s1. The number of rotatable bonds is 9. The van der Waals surface area contributed by atoms with Gasteiger partial charge < -0.3 is 15.7 Å². The molecule has 7 heteroatoms. The van der Waals surface area contributed by atoms with Crippen LogP contribution in [0.5, 0.6) is 0 Å². The third kappa shape index (κ3) is 8.19. The van der Waals surface area contributed by atoms with Crippen LogP contribution in [0.25, 0.3) is 11.1 Å². The van der Waals surface area contributed by atoms with E-state index in [0.29, 0.717) is 25.8 Å². The summed E-state index contributed by atoms with van der Waals surface area (Å²) >= 11 is 0. The summed E-state index contributed by atoms with van der Waals surface area (Å²) < 4.78 is 2.29. The summed E-state index contributed by atoms with van der Waals surface area (Å²) in [7, 11) is 0. The molecule has 0 saturated carbocycles. The maximum atomic E-state index is 13.5. The molecule has 3 aromatic carbocycles. The van der Waals surface area contributed by atoms with Gasteiger partial charge in [-0.2, -0.15) is 0 Å². The fourth-order valence-corrected chi connectivity index (χ4v) is 6.28. The quantitative estimate of drug-likeness (QED) is 0.277. The van der Waals surface area contributed by atoms with E-state index in [2.05, 4.69) is 70.0 Å². The molecular weight excluding hydrogens is 538 g/mol. The van der Waals surface area contributed by atoms with E-state index in [-0.39, 0.29) is 24.2 Å². The summed E-state index contributed by atoms with van der Waals surface area (Å²) in [6.45, 7) is 1.50. The van der Waals surface area contributed by atoms with E-state index in [1.165, 1.54) is 0 Å². The molecule has 2 bridgehead atoms. The van der Waals surface area contributed by atoms with Crippen molar-refractivity contribution in [1.82, 2.24) is 10.6 Å². The van der Waals surface area contributed by atoms with Gasteiger partial charge in [-0.1, -0.05) is 79.2 Å². The number of amides is 2. The van der Waals surface area contributed by atoms with Gasteiger partial charge >= 0.3 is 5.97 Å². The smallest absolute Gasteiger partial charge is 0.304 e. The molecule has 5 rings (SSSR count). The first-order valence-electron chi connectivity index (χ1n) is 15.6. The number of carbonyl (C=O) groups is 3. The lowest BCUT2D eigenvalue weighted by Crippen LogP contribution is -2.49. The highest BCUT2D eigenvalue weighted by Gasteiger charge is 2.35. The number of para-hydroxylation sites is 1. The number of hydrogen-bond donors (Lipinski definition) is 3. The Labute approximate surface area is 254 Å². The predicted octanol–water partition coefficient (Wildman–Crippen LogP) is 5.84. The summed E-state index contributed by atoms with van der Waals surface area (Å²) in [5, 5.41) is 15.6. The normalized spacial score (nSPS) is 19.4. The van der Waals surface area contributed by atoms with E-state index in [1.54, 1.807) is 0 Å². The Bertz CT molecular complexity index is 1430. The van der Waals surface area contributed by atoms with Gasteiger partial charge in [-0.15, -0.1) is 0 Å². The average molecular weight is 581 g/mol. The van der Waals surface area contributed by atoms with Crippen LogP contribution in [0.4, 0.5) is 5.69 Å². The van der Waals surface area contributed by atoms with Crippen LogP contribution >= 0.6 is 0 Å². The van der Waals surface area contributed by atoms with Crippen LogP contribution in [-0.4, -0.2) is 52.8 Å². The van der Waals surface area contributed by atoms with Crippen molar-refractivity contribution in [1.29, 1.82) is 0 Å². The van der Waals surface area contributed by atoms with Crippen LogP contribution in [0.15, 0.2) is 78.9 Å². The number of carbonyl (C=O) groups excluding carboxylic acids is 2. The van der Waals surface area contributed by atoms with Gasteiger partial charge in [0, 0.05) is 30.5 Å². The van der Waals surface area contributed by atoms with E-state index in [9.17, 15) is 19.5 Å². The summed E-state index contributed by atoms with van der Waals surface area (Å²) in [6.07, 6.45) is 8.30. The Morgan fingerprint density at radius 3 is 2.42 bits per heavy atom. The fraction of sp³-hybridized carbons (Fsp3) is 0.389. The first-order valence-corrected chi connectivity index (χ1v) is 15.6. The third-order valence-electron chi connectivity index (χ3n) is 8.62. The van der Waals surface area contributed by atoms with Crippen LogP contribution < -0.4 is 10.6 Å². The van der Waals surface area contributed by atoms with Gasteiger partial charge in [-0.25, -0.2) is 4.58 Å². The van der Waals surface area contributed by atoms with Crippen LogP contribution in [0.2, 0.25) is 0 Å². The second-order valence-electron chi connectivity index (χ2n) is 11.8. The number of benzene rings is 3. The van der Waals surface area contributed by atoms with Crippen molar-refractivity contribution in [2.24, 2.45) is 5.92 Å². The minimum atomic E-state index is -1.01. The number of fused-ring (bicyclic) bond motifs is 4. The van der Waals surface area contributed by atoms with Crippen molar-refractivity contribution in [3.8, 4) is 11.1 Å². The van der Waals surface area contributed by atoms with E-state index in [1.807, 2.05) is 30.3 Å². The number of carboxylic acids is 1. The van der Waals surface area contributed by atoms with Crippen molar-refractivity contribution in [2.45, 2.75) is 69.7 Å². The van der Waals surface area contributed by atoms with Crippen LogP contribution in [0, 0.1) is 5.92 Å². The molecule has 2 aliphatic rings. The molecule has 3 N–H and O–H groups in total. The molecule has 43 heavy (non-hydrogen) atoms. The van der Waals surface area contributed by atoms with Crippen LogP contribution in [0.3, 0.4) is 0 Å². The number of nitrogens with zero attached hydrogens (tertiary/aromatic N) is 1. The molecule has 0 spiro atoms. The molecule has 7 nitrogen and oxygen atoms in total. The van der Waals surface area contributed by atoms with Crippen LogP contribution in [-0.2, 0) is 20.8 Å². The molecule has 0 aliphatic carbocycles. The van der Waals surface area contributed by atoms with Crippen LogP contribution in [0.1, 0.15) is 68.4 Å². The maximum Gasteiger partial charge on any atom is 0.304 e. The highest BCUT2D eigenvalue weighted by Crippen LogP contribution is 2.35. The molecule has 1 unspecified atom stereocenters. The lowest BCUT2D eigenvalue weighted by atomic mass is 9.91. The summed E-state index contributed by atoms with van der Waals surface area (Å²) in [4.78, 5) is 38.6. The molecule has 2 aliphatic heterocycles. The van der Waals surface area contributed by atoms with Crippen molar-refractivity contribution in [2.75, 3.05) is 13.1 Å². The number of aliphatic carboxylic acids is 1. The molecule has 3 atom stereocenters. The van der Waals surface area contributed by atoms with E-state index in [4.69, 9.17) is 0 Å². The monoisotopic (exact) mass is 580 g/mol. The van der Waals surface area contributed by atoms with Crippen molar-refractivity contribution >= 4 is 29.7 Å². The zero-order chi connectivity index (χ0) is 30.0. The topological polar surface area (TPSA) is 98.5 Å². The number of carboxylic acid groups (broad SMARTS) is 1. The molecule has 2 heterocycles. The summed E-state index contributed by atoms with van der Waals surface area (Å²) in [5.41, 5.74) is 5.76. The Morgan fingerprint density at radius 2 is 1.63 bits per heavy atom. The Hall–Kier alpha value is -4.26. The molecule has 0 saturated heterocycles. The molecule has 2 amide bonds. The Kier molecular flexibility index (Phi) is 10.4. The van der Waals surface area contributed by atoms with Gasteiger partial charge in [0.1, 0.15) is 12.6 Å². The molecule has 0 fully saturated rings. The second kappa shape index (κ2) is 14.8. The lowest BCUT2D eigenvalue weighted by Gasteiger charge is -2.23. The van der Waals surface area contributed by atoms with E-state index in [0.717, 1.165) is 66.6 Å². The van der Waals surface area contributed by atoms with E-state index < -0.39 is 17.9 Å². The number of hydrogen-bond acceptors (Lipinski definition) is 3. The minimum absolute atomic E-state index is 0.00946. The third-order valence-corrected chi connectivity index (χ3v) is 8.62. The van der Waals surface area contributed by atoms with Gasteiger partial charge in [0.2, 0.25) is 17.5 Å². The fourth-order valence-electron chi connectivity index (χ4n) is 6.28. The Morgan fingerprint density at radius 1 is 0.907 bits per heavy atom. The minimum Gasteiger partial charge on any atom is -0.481 e. The van der Waals surface area contributed by atoms with Gasteiger partial charge in [-0.3, -0.25) is 14.4 Å². The first kappa shape index (κ1) is 30.2. The summed E-state index contributed by atoms with van der Waals surface area (Å²) in [6, 6.07) is 26.1. The molecular formula is C36H42N3O4+. The Balaban J connectivity index is 1.25. The van der Waals surface area contributed by atoms with Crippen molar-refractivity contribution in [3.63, 3.8) is 0 Å². The zero-order valence-electron chi connectivity index (χ0n) is 24.7. The van der Waals surface area contributed by atoms with Gasteiger partial charge in [0.15, 0.2) is 6.21 Å². The predicted molar refractivity (Wildman–Crippen MR) is 169 cm³/mol. The average Bonchev–Trinajstić information content (AvgIpc) is 3.37. The van der Waals surface area contributed by atoms with Gasteiger partial charge in [0.25, 0.3) is 0 Å². The van der Waals surface area contributed by atoms with Crippen molar-refractivity contribution in [3.05, 3.63) is 90.0 Å². The maximum absolute atomic E-state index is 13.5. The largest absolute Gasteiger partial charge is 0.481 e. The zero-order valence-corrected chi connectivity index (χ0v) is 24.7. The number of nitrogens with one attached hydrogen (secondary N) is 2. The SMILES string of the molecule is O=C(O)C[C@@H](CCCc1ccc(-c2ccccc2)cc1)C(=O)N[C@H]1CC2C=[N+](CCCCCCNC1=O)c1ccccc12. The molecule has 3 aromatic rings. The molecule has 224 valence electrons. The number of aryl methyl sites for hydroxylation is 1. The van der Waals surface area contributed by atoms with Crippen molar-refractivity contribution < 1.29 is 24.1 Å². The molecule has 0 radical (unpaired) electrons. The lowest BCUT2D eigenvalue weighted by molar-refractivity contribution is -0.433. The second-order valence-corrected chi connectivity index (χ2v) is 11.8. The first-order chi connectivity index (χ1) is 21.0. The van der Waals surface area contributed by atoms with E-state index >= 15 is 0 Å². The van der Waals surface area contributed by atoms with Gasteiger partial charge in [0.05, 0.1) is 12.3 Å². The highest BCUT2D eigenvalue weighted by atomic mass is 16.4.